The molecule has 0 spiro atoms. The molecular formula is C16H15ClN4OS. The minimum atomic E-state index is -0.309. The van der Waals surface area contributed by atoms with Crippen molar-refractivity contribution in [2.24, 2.45) is 0 Å². The smallest absolute Gasteiger partial charge is 0.227 e. The van der Waals surface area contributed by atoms with Crippen LogP contribution in [0.25, 0.3) is 0 Å². The molecule has 0 radical (unpaired) electrons. The maximum absolute atomic E-state index is 12.6. The summed E-state index contributed by atoms with van der Waals surface area (Å²) in [5.74, 6) is 0.836. The maximum atomic E-state index is 12.6. The average molecular weight is 347 g/mol. The number of rotatable bonds is 2. The normalized spacial score (nSPS) is 20.1. The quantitative estimate of drug-likeness (QED) is 0.840. The number of carbonyl (C=O) groups is 1. The average Bonchev–Trinajstić information content (AvgIpc) is 2.97. The predicted molar refractivity (Wildman–Crippen MR) is 90.9 cm³/mol. The topological polar surface area (TPSA) is 59.8 Å². The molecule has 1 aliphatic carbocycles. The third kappa shape index (κ3) is 2.37. The second-order valence-corrected chi connectivity index (χ2v) is 6.77. The highest BCUT2D eigenvalue weighted by molar-refractivity contribution is 7.98. The molecule has 0 bridgehead atoms. The van der Waals surface area contributed by atoms with Crippen LogP contribution in [0.3, 0.4) is 0 Å². The number of hydrogen-bond donors (Lipinski definition) is 1. The number of ketones is 1. The molecule has 23 heavy (non-hydrogen) atoms. The van der Waals surface area contributed by atoms with Gasteiger partial charge in [0.15, 0.2) is 5.78 Å². The molecule has 0 amide bonds. The van der Waals surface area contributed by atoms with Crippen molar-refractivity contribution in [1.29, 1.82) is 0 Å². The fourth-order valence-corrected chi connectivity index (χ4v) is 3.79. The number of benzene rings is 1. The molecule has 2 aromatic rings. The van der Waals surface area contributed by atoms with E-state index in [-0.39, 0.29) is 11.8 Å². The summed E-state index contributed by atoms with van der Waals surface area (Å²) in [5.41, 5.74) is 2.62. The van der Waals surface area contributed by atoms with Gasteiger partial charge in [-0.1, -0.05) is 41.6 Å². The first-order chi connectivity index (χ1) is 11.2. The highest BCUT2D eigenvalue weighted by Crippen LogP contribution is 2.42. The van der Waals surface area contributed by atoms with Gasteiger partial charge < -0.3 is 5.32 Å². The number of hydrogen-bond acceptors (Lipinski definition) is 5. The lowest BCUT2D eigenvalue weighted by Crippen LogP contribution is -2.31. The first-order valence-corrected chi connectivity index (χ1v) is 9.07. The van der Waals surface area contributed by atoms with Crippen molar-refractivity contribution in [3.63, 3.8) is 0 Å². The monoisotopic (exact) mass is 346 g/mol. The van der Waals surface area contributed by atoms with Gasteiger partial charge in [0.05, 0.1) is 0 Å². The van der Waals surface area contributed by atoms with Gasteiger partial charge in [0.25, 0.3) is 0 Å². The Hall–Kier alpha value is -1.79. The van der Waals surface area contributed by atoms with Crippen LogP contribution in [0.1, 0.15) is 30.9 Å². The third-order valence-corrected chi connectivity index (χ3v) is 5.11. The standard InChI is InChI=1S/C16H15ClN4OS/c1-23-16-19-15-18-11-7-4-8-12(22)13(11)14(21(15)20-16)9-5-2-3-6-10(9)17/h2-3,5-6,14H,4,7-8H2,1H3,(H,18,19,20)/t14-/m1/s1. The summed E-state index contributed by atoms with van der Waals surface area (Å²) >= 11 is 7.90. The number of halogens is 1. The SMILES string of the molecule is CSc1nc2n(n1)[C@H](c1ccccc1Cl)C1=C(CCCC1=O)N2. The van der Waals surface area contributed by atoms with E-state index in [1.807, 2.05) is 30.5 Å². The van der Waals surface area contributed by atoms with Crippen molar-refractivity contribution in [3.05, 3.63) is 46.1 Å². The van der Waals surface area contributed by atoms with Crippen molar-refractivity contribution >= 4 is 35.1 Å². The maximum Gasteiger partial charge on any atom is 0.227 e. The summed E-state index contributed by atoms with van der Waals surface area (Å²) in [4.78, 5) is 17.1. The number of nitrogens with zero attached hydrogens (tertiary/aromatic N) is 3. The molecule has 0 saturated heterocycles. The van der Waals surface area contributed by atoms with Crippen molar-refractivity contribution in [2.75, 3.05) is 11.6 Å². The Bertz CT molecular complexity index is 829. The Labute approximate surface area is 143 Å². The lowest BCUT2D eigenvalue weighted by Gasteiger charge is -2.32. The number of aromatic nitrogens is 3. The van der Waals surface area contributed by atoms with Gasteiger partial charge in [-0.2, -0.15) is 4.98 Å². The number of thioether (sulfide) groups is 1. The summed E-state index contributed by atoms with van der Waals surface area (Å²) in [5, 5.41) is 9.16. The van der Waals surface area contributed by atoms with E-state index in [0.29, 0.717) is 22.5 Å². The summed E-state index contributed by atoms with van der Waals surface area (Å²) < 4.78 is 1.79. The van der Waals surface area contributed by atoms with Crippen LogP contribution in [0.15, 0.2) is 40.7 Å². The van der Waals surface area contributed by atoms with E-state index in [9.17, 15) is 4.79 Å². The zero-order chi connectivity index (χ0) is 16.0. The molecule has 1 aliphatic heterocycles. The highest BCUT2D eigenvalue weighted by atomic mass is 35.5. The summed E-state index contributed by atoms with van der Waals surface area (Å²) in [6, 6.07) is 7.31. The molecule has 1 aromatic carbocycles. The zero-order valence-corrected chi connectivity index (χ0v) is 14.1. The molecule has 1 atom stereocenters. The van der Waals surface area contributed by atoms with Crippen LogP contribution in [-0.4, -0.2) is 26.8 Å². The zero-order valence-electron chi connectivity index (χ0n) is 12.5. The molecule has 118 valence electrons. The van der Waals surface area contributed by atoms with Crippen LogP contribution in [0.5, 0.6) is 0 Å². The number of carbonyl (C=O) groups excluding carboxylic acids is 1. The van der Waals surface area contributed by atoms with E-state index in [4.69, 9.17) is 11.6 Å². The lowest BCUT2D eigenvalue weighted by molar-refractivity contribution is -0.116. The van der Waals surface area contributed by atoms with Gasteiger partial charge in [0.2, 0.25) is 11.1 Å². The van der Waals surface area contributed by atoms with E-state index in [1.165, 1.54) is 11.8 Å². The molecule has 1 N–H and O–H groups in total. The number of Topliss-reactive ketones (excluding diaryl/α,β-unsaturated/α-hetero) is 1. The molecule has 0 saturated carbocycles. The van der Waals surface area contributed by atoms with Crippen molar-refractivity contribution in [2.45, 2.75) is 30.5 Å². The van der Waals surface area contributed by atoms with E-state index < -0.39 is 0 Å². The van der Waals surface area contributed by atoms with Gasteiger partial charge >= 0.3 is 0 Å². The largest absolute Gasteiger partial charge is 0.328 e. The second kappa shape index (κ2) is 5.69. The van der Waals surface area contributed by atoms with E-state index in [2.05, 4.69) is 15.4 Å². The van der Waals surface area contributed by atoms with Crippen molar-refractivity contribution in [3.8, 4) is 0 Å². The molecule has 0 fully saturated rings. The number of fused-ring (bicyclic) bond motifs is 1. The van der Waals surface area contributed by atoms with E-state index in [0.717, 1.165) is 29.7 Å². The molecule has 5 nitrogen and oxygen atoms in total. The molecule has 0 unspecified atom stereocenters. The molecular weight excluding hydrogens is 332 g/mol. The van der Waals surface area contributed by atoms with Gasteiger partial charge in [-0.15, -0.1) is 5.10 Å². The van der Waals surface area contributed by atoms with Crippen LogP contribution in [-0.2, 0) is 4.79 Å². The van der Waals surface area contributed by atoms with E-state index in [1.54, 1.807) is 4.68 Å². The van der Waals surface area contributed by atoms with Gasteiger partial charge in [-0.25, -0.2) is 4.68 Å². The Morgan fingerprint density at radius 1 is 1.35 bits per heavy atom. The van der Waals surface area contributed by atoms with Crippen molar-refractivity contribution < 1.29 is 4.79 Å². The first-order valence-electron chi connectivity index (χ1n) is 7.47. The fourth-order valence-electron chi connectivity index (χ4n) is 3.21. The van der Waals surface area contributed by atoms with Crippen LogP contribution in [0.2, 0.25) is 5.02 Å². The minimum Gasteiger partial charge on any atom is -0.328 e. The summed E-state index contributed by atoms with van der Waals surface area (Å²) in [6.07, 6.45) is 4.22. The summed E-state index contributed by atoms with van der Waals surface area (Å²) in [7, 11) is 0. The molecule has 2 heterocycles. The summed E-state index contributed by atoms with van der Waals surface area (Å²) in [6.45, 7) is 0. The van der Waals surface area contributed by atoms with Crippen LogP contribution < -0.4 is 5.32 Å². The Kier molecular flexibility index (Phi) is 3.66. The van der Waals surface area contributed by atoms with Gasteiger partial charge in [-0.3, -0.25) is 4.79 Å². The second-order valence-electron chi connectivity index (χ2n) is 5.58. The van der Waals surface area contributed by atoms with Gasteiger partial charge in [0, 0.05) is 28.3 Å². The minimum absolute atomic E-state index is 0.163. The number of nitrogens with one attached hydrogen (secondary N) is 1. The van der Waals surface area contributed by atoms with Gasteiger partial charge in [0.1, 0.15) is 6.04 Å². The molecule has 1 aromatic heterocycles. The third-order valence-electron chi connectivity index (χ3n) is 4.23. The van der Waals surface area contributed by atoms with Gasteiger partial charge in [-0.05, 0) is 25.2 Å². The number of allylic oxidation sites excluding steroid dienone is 2. The van der Waals surface area contributed by atoms with Crippen LogP contribution in [0, 0.1) is 0 Å². The highest BCUT2D eigenvalue weighted by Gasteiger charge is 2.37. The first kappa shape index (κ1) is 14.8. The predicted octanol–water partition coefficient (Wildman–Crippen LogP) is 3.68. The molecule has 4 rings (SSSR count). The van der Waals surface area contributed by atoms with Crippen molar-refractivity contribution in [1.82, 2.24) is 14.8 Å². The Morgan fingerprint density at radius 3 is 2.96 bits per heavy atom. The fraction of sp³-hybridized carbons (Fsp3) is 0.312. The van der Waals surface area contributed by atoms with E-state index >= 15 is 0 Å². The number of anilines is 1. The molecule has 7 heteroatoms. The Balaban J connectivity index is 1.95. The molecule has 2 aliphatic rings. The Morgan fingerprint density at radius 2 is 2.17 bits per heavy atom. The van der Waals surface area contributed by atoms with Crippen LogP contribution in [0.4, 0.5) is 5.95 Å². The lowest BCUT2D eigenvalue weighted by atomic mass is 9.85. The van der Waals surface area contributed by atoms with Crippen LogP contribution >= 0.6 is 23.4 Å².